The Bertz CT molecular complexity index is 165. The second-order valence-electron chi connectivity index (χ2n) is 4.83. The molecule has 0 fully saturated rings. The van der Waals surface area contributed by atoms with Gasteiger partial charge in [0.05, 0.1) is 0 Å². The molecule has 0 unspecified atom stereocenters. The first kappa shape index (κ1) is 14.7. The van der Waals surface area contributed by atoms with Crippen LogP contribution >= 0.6 is 0 Å². The minimum Gasteiger partial charge on any atom is -0.0744 e. The van der Waals surface area contributed by atoms with Gasteiger partial charge in [0.2, 0.25) is 0 Å². The van der Waals surface area contributed by atoms with Gasteiger partial charge in [0.15, 0.2) is 0 Å². The molecule has 90 valence electrons. The zero-order valence-corrected chi connectivity index (χ0v) is 11.4. The van der Waals surface area contributed by atoms with Crippen molar-refractivity contribution in [2.24, 2.45) is 0 Å². The molecule has 0 N–H and O–H groups in total. The lowest BCUT2D eigenvalue weighted by atomic mass is 9.99. The Hall–Kier alpha value is -0.260. The Morgan fingerprint density at radius 1 is 0.600 bits per heavy atom. The predicted molar refractivity (Wildman–Crippen MR) is 71.3 cm³/mol. The molecule has 0 aliphatic carbocycles. The van der Waals surface area contributed by atoms with Gasteiger partial charge in [0.1, 0.15) is 0 Å². The molecule has 0 heteroatoms. The Morgan fingerprint density at radius 2 is 1.00 bits per heavy atom. The Kier molecular flexibility index (Phi) is 10.1. The maximum atomic E-state index is 2.33. The Labute approximate surface area is 97.2 Å². The summed E-state index contributed by atoms with van der Waals surface area (Å²) in [7, 11) is 0. The van der Waals surface area contributed by atoms with E-state index in [1.807, 2.05) is 0 Å². The van der Waals surface area contributed by atoms with Crippen LogP contribution in [0.5, 0.6) is 0 Å². The van der Waals surface area contributed by atoms with Crippen LogP contribution in [0.15, 0.2) is 11.1 Å². The summed E-state index contributed by atoms with van der Waals surface area (Å²) < 4.78 is 0. The maximum absolute atomic E-state index is 2.33. The molecule has 0 atom stereocenters. The third kappa shape index (κ3) is 8.72. The maximum Gasteiger partial charge on any atom is -0.0320 e. The lowest BCUT2D eigenvalue weighted by molar-refractivity contribution is 0.655. The van der Waals surface area contributed by atoms with Crippen LogP contribution in [0.2, 0.25) is 0 Å². The Morgan fingerprint density at radius 3 is 1.47 bits per heavy atom. The van der Waals surface area contributed by atoms with Crippen LogP contribution in [0.25, 0.3) is 0 Å². The topological polar surface area (TPSA) is 0 Å². The minimum atomic E-state index is 1.33. The van der Waals surface area contributed by atoms with Crippen molar-refractivity contribution < 1.29 is 0 Å². The molecule has 0 bridgehead atoms. The largest absolute Gasteiger partial charge is 0.0744 e. The van der Waals surface area contributed by atoms with Gasteiger partial charge < -0.3 is 0 Å². The lowest BCUT2D eigenvalue weighted by Crippen LogP contribution is -1.87. The van der Waals surface area contributed by atoms with Gasteiger partial charge in [0, 0.05) is 0 Å². The highest BCUT2D eigenvalue weighted by Gasteiger charge is 1.97. The molecule has 0 saturated heterocycles. The van der Waals surface area contributed by atoms with E-state index in [1.54, 1.807) is 11.1 Å². The summed E-state index contributed by atoms with van der Waals surface area (Å²) in [5, 5.41) is 0. The molecule has 0 heterocycles. The molecule has 0 nitrogen and oxygen atoms in total. The summed E-state index contributed by atoms with van der Waals surface area (Å²) in [6.45, 7) is 9.20. The molecule has 15 heavy (non-hydrogen) atoms. The fraction of sp³-hybridized carbons (Fsp3) is 0.867. The van der Waals surface area contributed by atoms with E-state index in [9.17, 15) is 0 Å². The molecule has 0 aromatic heterocycles. The normalized spacial score (nSPS) is 12.8. The van der Waals surface area contributed by atoms with Crippen LogP contribution < -0.4 is 0 Å². The van der Waals surface area contributed by atoms with Gasteiger partial charge >= 0.3 is 0 Å². The van der Waals surface area contributed by atoms with E-state index in [1.165, 1.54) is 57.8 Å². The summed E-state index contributed by atoms with van der Waals surface area (Å²) in [6, 6.07) is 0. The van der Waals surface area contributed by atoms with Crippen molar-refractivity contribution in [2.45, 2.75) is 85.5 Å². The van der Waals surface area contributed by atoms with E-state index < -0.39 is 0 Å². The van der Waals surface area contributed by atoms with Crippen LogP contribution in [-0.4, -0.2) is 0 Å². The highest BCUT2D eigenvalue weighted by Crippen LogP contribution is 2.18. The molecule has 0 saturated carbocycles. The fourth-order valence-electron chi connectivity index (χ4n) is 1.88. The first-order valence-electron chi connectivity index (χ1n) is 6.87. The van der Waals surface area contributed by atoms with Crippen molar-refractivity contribution in [2.75, 3.05) is 0 Å². The molecule has 0 spiro atoms. The van der Waals surface area contributed by atoms with Crippen molar-refractivity contribution >= 4 is 0 Å². The number of unbranched alkanes of at least 4 members (excludes halogenated alkanes) is 5. The van der Waals surface area contributed by atoms with Crippen LogP contribution in [-0.2, 0) is 0 Å². The van der Waals surface area contributed by atoms with E-state index >= 15 is 0 Å². The molecule has 0 aliphatic heterocycles. The highest BCUT2D eigenvalue weighted by atomic mass is 14.0. The van der Waals surface area contributed by atoms with Gasteiger partial charge in [-0.15, -0.1) is 0 Å². The average Bonchev–Trinajstić information content (AvgIpc) is 2.24. The van der Waals surface area contributed by atoms with E-state index in [0.717, 1.165) is 0 Å². The summed E-state index contributed by atoms with van der Waals surface area (Å²) in [4.78, 5) is 0. The first-order chi connectivity index (χ1) is 7.22. The van der Waals surface area contributed by atoms with E-state index in [4.69, 9.17) is 0 Å². The van der Waals surface area contributed by atoms with Crippen molar-refractivity contribution in [3.05, 3.63) is 11.1 Å². The highest BCUT2D eigenvalue weighted by molar-refractivity contribution is 5.09. The summed E-state index contributed by atoms with van der Waals surface area (Å²) >= 11 is 0. The van der Waals surface area contributed by atoms with Crippen molar-refractivity contribution in [1.82, 2.24) is 0 Å². The van der Waals surface area contributed by atoms with Gasteiger partial charge in [-0.05, 0) is 39.5 Å². The number of allylic oxidation sites excluding steroid dienone is 2. The third-order valence-electron chi connectivity index (χ3n) is 3.29. The summed E-state index contributed by atoms with van der Waals surface area (Å²) in [5.74, 6) is 0. The first-order valence-corrected chi connectivity index (χ1v) is 6.87. The van der Waals surface area contributed by atoms with Gasteiger partial charge in [-0.25, -0.2) is 0 Å². The van der Waals surface area contributed by atoms with Gasteiger partial charge in [0.25, 0.3) is 0 Å². The van der Waals surface area contributed by atoms with Gasteiger partial charge in [-0.3, -0.25) is 0 Å². The number of rotatable bonds is 9. The van der Waals surface area contributed by atoms with Gasteiger partial charge in [-0.2, -0.15) is 0 Å². The monoisotopic (exact) mass is 210 g/mol. The minimum absolute atomic E-state index is 1.33. The Balaban J connectivity index is 3.62. The molecule has 0 rings (SSSR count). The van der Waals surface area contributed by atoms with Crippen molar-refractivity contribution in [3.8, 4) is 0 Å². The van der Waals surface area contributed by atoms with Crippen molar-refractivity contribution in [3.63, 3.8) is 0 Å². The fourth-order valence-corrected chi connectivity index (χ4v) is 1.88. The average molecular weight is 210 g/mol. The molecule has 0 aromatic rings. The molecule has 0 amide bonds. The molecule has 0 aliphatic rings. The van der Waals surface area contributed by atoms with Crippen LogP contribution in [0.4, 0.5) is 0 Å². The standard InChI is InChI=1S/C15H30/c1-5-7-9-11-13-15(4)14(3)12-10-8-6-2/h5-13H2,1-4H3/b15-14+. The molecular weight excluding hydrogens is 180 g/mol. The van der Waals surface area contributed by atoms with Gasteiger partial charge in [-0.1, -0.05) is 57.1 Å². The summed E-state index contributed by atoms with van der Waals surface area (Å²) in [6.07, 6.45) is 12.3. The quantitative estimate of drug-likeness (QED) is 0.329. The smallest absolute Gasteiger partial charge is 0.0320 e. The van der Waals surface area contributed by atoms with Crippen molar-refractivity contribution in [1.29, 1.82) is 0 Å². The molecule has 0 radical (unpaired) electrons. The zero-order chi connectivity index (χ0) is 11.5. The zero-order valence-electron chi connectivity index (χ0n) is 11.4. The lowest BCUT2D eigenvalue weighted by Gasteiger charge is -2.07. The summed E-state index contributed by atoms with van der Waals surface area (Å²) in [5.41, 5.74) is 3.31. The second-order valence-corrected chi connectivity index (χ2v) is 4.83. The number of hydrogen-bond donors (Lipinski definition) is 0. The molecule has 0 aromatic carbocycles. The van der Waals surface area contributed by atoms with E-state index in [0.29, 0.717) is 0 Å². The second kappa shape index (κ2) is 10.3. The third-order valence-corrected chi connectivity index (χ3v) is 3.29. The van der Waals surface area contributed by atoms with Crippen LogP contribution in [0.3, 0.4) is 0 Å². The van der Waals surface area contributed by atoms with Crippen LogP contribution in [0, 0.1) is 0 Å². The van der Waals surface area contributed by atoms with E-state index in [2.05, 4.69) is 27.7 Å². The SMILES string of the molecule is CCCCCC/C(C)=C(\C)CCCCC. The van der Waals surface area contributed by atoms with E-state index in [-0.39, 0.29) is 0 Å². The number of hydrogen-bond acceptors (Lipinski definition) is 0. The molecular formula is C15H30. The predicted octanol–water partition coefficient (Wildman–Crippen LogP) is 5.87. The van der Waals surface area contributed by atoms with Crippen LogP contribution in [0.1, 0.15) is 85.5 Å².